The number of aliphatic hydroxyl groups excluding tert-OH is 1. The van der Waals surface area contributed by atoms with Gasteiger partial charge in [-0.3, -0.25) is 0 Å². The summed E-state index contributed by atoms with van der Waals surface area (Å²) in [6.07, 6.45) is 3.23. The highest BCUT2D eigenvalue weighted by Gasteiger charge is 2.76. The Bertz CT molecular complexity index is 452. The Morgan fingerprint density at radius 1 is 1.41 bits per heavy atom. The molecule has 1 heterocycles. The molecular formula is C16H28O5S. The third-order valence-corrected chi connectivity index (χ3v) is 6.36. The van der Waals surface area contributed by atoms with E-state index in [2.05, 4.69) is 6.08 Å². The van der Waals surface area contributed by atoms with Gasteiger partial charge in [0.05, 0.1) is 12.2 Å². The second kappa shape index (κ2) is 6.07. The number of methoxy groups -OCH3 is 1. The van der Waals surface area contributed by atoms with E-state index < -0.39 is 28.3 Å². The smallest absolute Gasteiger partial charge is 0.162 e. The second-order valence-corrected chi connectivity index (χ2v) is 7.83. The summed E-state index contributed by atoms with van der Waals surface area (Å²) in [6, 6.07) is 0. The van der Waals surface area contributed by atoms with Crippen LogP contribution in [-0.2, 0) is 9.47 Å². The van der Waals surface area contributed by atoms with Gasteiger partial charge in [0.1, 0.15) is 16.6 Å². The lowest BCUT2D eigenvalue weighted by molar-refractivity contribution is -0.248. The Morgan fingerprint density at radius 3 is 2.55 bits per heavy atom. The van der Waals surface area contributed by atoms with E-state index in [9.17, 15) is 15.3 Å². The molecule has 6 heteroatoms. The standard InChI is InChI=1S/C16H28O5S/c1-10(2)6-7-12-14(3,21-12)16(19)13(20-4)11(17)8-9-15(16,18)22-5/h6,11-13,17-19H,7-9H2,1-5H3/t11-,12?,13-,14-,15+,16+/m1/s1. The van der Waals surface area contributed by atoms with Crippen LogP contribution in [0, 0.1) is 0 Å². The van der Waals surface area contributed by atoms with Crippen LogP contribution in [0.15, 0.2) is 11.6 Å². The molecule has 0 aromatic heterocycles. The zero-order valence-electron chi connectivity index (χ0n) is 14.0. The highest BCUT2D eigenvalue weighted by Crippen LogP contribution is 2.59. The lowest BCUT2D eigenvalue weighted by atomic mass is 9.68. The molecule has 1 aliphatic heterocycles. The van der Waals surface area contributed by atoms with E-state index >= 15 is 0 Å². The summed E-state index contributed by atoms with van der Waals surface area (Å²) < 4.78 is 11.2. The van der Waals surface area contributed by atoms with Gasteiger partial charge in [0, 0.05) is 7.11 Å². The Kier molecular flexibility index (Phi) is 5.03. The molecule has 1 saturated heterocycles. The Balaban J connectivity index is 2.35. The largest absolute Gasteiger partial charge is 0.390 e. The zero-order valence-corrected chi connectivity index (χ0v) is 14.8. The summed E-state index contributed by atoms with van der Waals surface area (Å²) in [5, 5.41) is 32.7. The molecule has 1 aliphatic carbocycles. The molecule has 0 radical (unpaired) electrons. The fourth-order valence-corrected chi connectivity index (χ4v) is 4.61. The van der Waals surface area contributed by atoms with Crippen molar-refractivity contribution in [3.63, 3.8) is 0 Å². The first-order chi connectivity index (χ1) is 10.2. The molecule has 0 spiro atoms. The van der Waals surface area contributed by atoms with Crippen molar-refractivity contribution in [2.24, 2.45) is 0 Å². The molecule has 2 aliphatic rings. The molecule has 1 unspecified atom stereocenters. The van der Waals surface area contributed by atoms with E-state index in [0.717, 1.165) is 0 Å². The van der Waals surface area contributed by atoms with E-state index in [1.165, 1.54) is 24.4 Å². The Hall–Kier alpha value is -0.110. The maximum atomic E-state index is 11.5. The van der Waals surface area contributed by atoms with Crippen molar-refractivity contribution in [2.45, 2.75) is 74.5 Å². The number of allylic oxidation sites excluding steroid dienone is 1. The van der Waals surface area contributed by atoms with Crippen LogP contribution in [0.25, 0.3) is 0 Å². The number of thioether (sulfide) groups is 1. The second-order valence-electron chi connectivity index (χ2n) is 6.75. The normalized spacial score (nSPS) is 48.1. The summed E-state index contributed by atoms with van der Waals surface area (Å²) in [4.78, 5) is -1.42. The van der Waals surface area contributed by atoms with Crippen LogP contribution in [0.1, 0.15) is 40.0 Å². The number of aliphatic hydroxyl groups is 3. The minimum Gasteiger partial charge on any atom is -0.390 e. The molecular weight excluding hydrogens is 304 g/mol. The van der Waals surface area contributed by atoms with Gasteiger partial charge in [-0.05, 0) is 46.3 Å². The van der Waals surface area contributed by atoms with Crippen molar-refractivity contribution >= 4 is 11.8 Å². The fourth-order valence-electron chi connectivity index (χ4n) is 3.65. The first kappa shape index (κ1) is 18.2. The molecule has 0 aromatic carbocycles. The van der Waals surface area contributed by atoms with Gasteiger partial charge < -0.3 is 24.8 Å². The highest BCUT2D eigenvalue weighted by atomic mass is 32.2. The van der Waals surface area contributed by atoms with Crippen LogP contribution < -0.4 is 0 Å². The van der Waals surface area contributed by atoms with Crippen LogP contribution >= 0.6 is 11.8 Å². The number of hydrogen-bond donors (Lipinski definition) is 3. The zero-order chi connectivity index (χ0) is 16.8. The lowest BCUT2D eigenvalue weighted by Crippen LogP contribution is -2.73. The molecule has 128 valence electrons. The topological polar surface area (TPSA) is 82.5 Å². The van der Waals surface area contributed by atoms with E-state index in [4.69, 9.17) is 9.47 Å². The van der Waals surface area contributed by atoms with Crippen molar-refractivity contribution in [1.29, 1.82) is 0 Å². The van der Waals surface area contributed by atoms with Crippen molar-refractivity contribution in [1.82, 2.24) is 0 Å². The summed E-state index contributed by atoms with van der Waals surface area (Å²) in [7, 11) is 1.45. The first-order valence-electron chi connectivity index (χ1n) is 7.68. The predicted octanol–water partition coefficient (Wildman–Crippen LogP) is 1.45. The number of hydrogen-bond acceptors (Lipinski definition) is 6. The summed E-state index contributed by atoms with van der Waals surface area (Å²) in [5.74, 6) is 0. The van der Waals surface area contributed by atoms with Gasteiger partial charge in [0.25, 0.3) is 0 Å². The molecule has 1 saturated carbocycles. The Labute approximate surface area is 136 Å². The van der Waals surface area contributed by atoms with Gasteiger partial charge in [-0.2, -0.15) is 0 Å². The Morgan fingerprint density at radius 2 is 2.05 bits per heavy atom. The molecule has 5 nitrogen and oxygen atoms in total. The van der Waals surface area contributed by atoms with Crippen LogP contribution in [0.4, 0.5) is 0 Å². The van der Waals surface area contributed by atoms with E-state index in [1.807, 2.05) is 13.8 Å². The lowest BCUT2D eigenvalue weighted by Gasteiger charge is -2.53. The average molecular weight is 332 g/mol. The molecule has 0 amide bonds. The first-order valence-corrected chi connectivity index (χ1v) is 8.90. The maximum absolute atomic E-state index is 11.5. The molecule has 2 rings (SSSR count). The van der Waals surface area contributed by atoms with E-state index in [-0.39, 0.29) is 6.10 Å². The summed E-state index contributed by atoms with van der Waals surface area (Å²) in [5.41, 5.74) is -1.44. The highest BCUT2D eigenvalue weighted by molar-refractivity contribution is 7.99. The van der Waals surface area contributed by atoms with Gasteiger partial charge >= 0.3 is 0 Å². The van der Waals surface area contributed by atoms with E-state index in [0.29, 0.717) is 19.3 Å². The SMILES string of the molecule is CO[C@@H]1[C@H](O)CC[C@](O)(SC)[C@@]1(O)[C@]1(C)OC1CC=C(C)C. The molecule has 0 aromatic rings. The molecule has 0 bridgehead atoms. The van der Waals surface area contributed by atoms with E-state index in [1.54, 1.807) is 13.2 Å². The quantitative estimate of drug-likeness (QED) is 0.402. The molecule has 2 fully saturated rings. The minimum atomic E-state index is -1.67. The molecule has 3 N–H and O–H groups in total. The fraction of sp³-hybridized carbons (Fsp3) is 0.875. The number of rotatable bonds is 5. The average Bonchev–Trinajstić information content (AvgIpc) is 3.14. The number of epoxide rings is 1. The third kappa shape index (κ3) is 2.54. The van der Waals surface area contributed by atoms with Crippen LogP contribution in [0.2, 0.25) is 0 Å². The third-order valence-electron chi connectivity index (χ3n) is 5.17. The monoisotopic (exact) mass is 332 g/mol. The van der Waals surface area contributed by atoms with Crippen molar-refractivity contribution in [2.75, 3.05) is 13.4 Å². The van der Waals surface area contributed by atoms with Crippen LogP contribution in [-0.4, -0.2) is 63.1 Å². The summed E-state index contributed by atoms with van der Waals surface area (Å²) >= 11 is 1.19. The van der Waals surface area contributed by atoms with Gasteiger partial charge in [0.2, 0.25) is 0 Å². The summed E-state index contributed by atoms with van der Waals surface area (Å²) in [6.45, 7) is 5.81. The van der Waals surface area contributed by atoms with Gasteiger partial charge in [-0.15, -0.1) is 11.8 Å². The van der Waals surface area contributed by atoms with Crippen LogP contribution in [0.3, 0.4) is 0 Å². The van der Waals surface area contributed by atoms with Gasteiger partial charge in [-0.25, -0.2) is 0 Å². The van der Waals surface area contributed by atoms with Crippen molar-refractivity contribution in [3.8, 4) is 0 Å². The predicted molar refractivity (Wildman–Crippen MR) is 86.8 cm³/mol. The van der Waals surface area contributed by atoms with Crippen LogP contribution in [0.5, 0.6) is 0 Å². The van der Waals surface area contributed by atoms with Crippen molar-refractivity contribution < 1.29 is 24.8 Å². The van der Waals surface area contributed by atoms with Gasteiger partial charge in [-0.1, -0.05) is 11.6 Å². The molecule has 6 atom stereocenters. The number of ether oxygens (including phenoxy) is 2. The van der Waals surface area contributed by atoms with Crippen molar-refractivity contribution in [3.05, 3.63) is 11.6 Å². The minimum absolute atomic E-state index is 0.200. The maximum Gasteiger partial charge on any atom is 0.162 e. The van der Waals surface area contributed by atoms with Gasteiger partial charge in [0.15, 0.2) is 5.60 Å². The molecule has 22 heavy (non-hydrogen) atoms.